The van der Waals surface area contributed by atoms with Gasteiger partial charge >= 0.3 is 0 Å². The summed E-state index contributed by atoms with van der Waals surface area (Å²) in [7, 11) is 0. The smallest absolute Gasteiger partial charge is 0.0926 e. The van der Waals surface area contributed by atoms with E-state index in [1.807, 2.05) is 12.3 Å². The fraction of sp³-hybridized carbons (Fsp3) is 0.385. The third-order valence-electron chi connectivity index (χ3n) is 3.41. The van der Waals surface area contributed by atoms with Crippen LogP contribution in [-0.4, -0.2) is 21.5 Å². The number of aromatic nitrogens is 3. The first-order valence-electron chi connectivity index (χ1n) is 5.95. The number of fused-ring (bicyclic) bond motifs is 1. The summed E-state index contributed by atoms with van der Waals surface area (Å²) in [5.74, 6) is 0. The predicted molar refractivity (Wildman–Crippen MR) is 65.6 cm³/mol. The van der Waals surface area contributed by atoms with Crippen molar-refractivity contribution in [3.63, 3.8) is 0 Å². The van der Waals surface area contributed by atoms with Crippen molar-refractivity contribution < 1.29 is 0 Å². The van der Waals surface area contributed by atoms with Gasteiger partial charge < -0.3 is 10.3 Å². The topological polar surface area (TPSA) is 53.6 Å². The van der Waals surface area contributed by atoms with E-state index in [9.17, 15) is 0 Å². The van der Waals surface area contributed by atoms with Crippen LogP contribution in [0.5, 0.6) is 0 Å². The summed E-state index contributed by atoms with van der Waals surface area (Å²) in [6.45, 7) is 3.20. The Morgan fingerprint density at radius 3 is 3.24 bits per heavy atom. The number of hydrogen-bond acceptors (Lipinski definition) is 3. The first-order valence-corrected chi connectivity index (χ1v) is 5.95. The molecular weight excluding hydrogens is 212 g/mol. The van der Waals surface area contributed by atoms with E-state index in [1.165, 1.54) is 11.3 Å². The van der Waals surface area contributed by atoms with Crippen LogP contribution >= 0.6 is 0 Å². The molecule has 0 amide bonds. The van der Waals surface area contributed by atoms with Gasteiger partial charge in [0.2, 0.25) is 0 Å². The van der Waals surface area contributed by atoms with Crippen molar-refractivity contribution in [3.05, 3.63) is 47.8 Å². The highest BCUT2D eigenvalue weighted by Gasteiger charge is 2.34. The highest BCUT2D eigenvalue weighted by molar-refractivity contribution is 5.27. The maximum atomic E-state index is 4.47. The first kappa shape index (κ1) is 10.5. The molecule has 1 unspecified atom stereocenters. The van der Waals surface area contributed by atoms with Gasteiger partial charge in [-0.3, -0.25) is 4.98 Å². The zero-order valence-electron chi connectivity index (χ0n) is 9.90. The minimum Gasteiger partial charge on any atom is -0.348 e. The molecule has 0 bridgehead atoms. The second-order valence-corrected chi connectivity index (χ2v) is 4.78. The van der Waals surface area contributed by atoms with Gasteiger partial charge in [0.25, 0.3) is 0 Å². The second kappa shape index (κ2) is 3.96. The minimum absolute atomic E-state index is 0.0867. The van der Waals surface area contributed by atoms with Gasteiger partial charge in [0.1, 0.15) is 0 Å². The Hall–Kier alpha value is -1.68. The molecule has 1 atom stereocenters. The molecule has 2 N–H and O–H groups in total. The van der Waals surface area contributed by atoms with Crippen molar-refractivity contribution in [1.29, 1.82) is 0 Å². The monoisotopic (exact) mass is 228 g/mol. The van der Waals surface area contributed by atoms with Crippen molar-refractivity contribution in [2.45, 2.75) is 25.3 Å². The van der Waals surface area contributed by atoms with E-state index in [0.29, 0.717) is 0 Å². The maximum Gasteiger partial charge on any atom is 0.0926 e. The average Bonchev–Trinajstić information content (AvgIpc) is 2.80. The van der Waals surface area contributed by atoms with Crippen molar-refractivity contribution in [3.8, 4) is 0 Å². The highest BCUT2D eigenvalue weighted by atomic mass is 15.1. The minimum atomic E-state index is -0.0867. The number of pyridine rings is 1. The SMILES string of the molecule is CC1(Cc2cccnc2)NCCc2[nH]cnc21. The highest BCUT2D eigenvalue weighted by Crippen LogP contribution is 2.28. The molecule has 3 rings (SSSR count). The van der Waals surface area contributed by atoms with Gasteiger partial charge in [0, 0.05) is 31.1 Å². The summed E-state index contributed by atoms with van der Waals surface area (Å²) in [4.78, 5) is 11.9. The third-order valence-corrected chi connectivity index (χ3v) is 3.41. The molecule has 3 heterocycles. The molecule has 2 aromatic heterocycles. The van der Waals surface area contributed by atoms with Crippen molar-refractivity contribution in [2.75, 3.05) is 6.54 Å². The standard InChI is InChI=1S/C13H16N4/c1-13(7-10-3-2-5-14-8-10)12-11(4-6-17-13)15-9-16-12/h2-3,5,8-9,17H,4,6-7H2,1H3,(H,15,16). The quantitative estimate of drug-likeness (QED) is 0.817. The van der Waals surface area contributed by atoms with Crippen LogP contribution in [0, 0.1) is 0 Å². The summed E-state index contributed by atoms with van der Waals surface area (Å²) >= 11 is 0. The number of H-pyrrole nitrogens is 1. The van der Waals surface area contributed by atoms with Gasteiger partial charge in [0.15, 0.2) is 0 Å². The molecule has 0 aromatic carbocycles. The molecule has 0 fully saturated rings. The largest absolute Gasteiger partial charge is 0.348 e. The Kier molecular flexibility index (Phi) is 2.44. The number of rotatable bonds is 2. The van der Waals surface area contributed by atoms with Gasteiger partial charge in [-0.25, -0.2) is 4.98 Å². The zero-order valence-corrected chi connectivity index (χ0v) is 9.90. The molecular formula is C13H16N4. The Labute approximate surface area is 101 Å². The van der Waals surface area contributed by atoms with E-state index in [0.717, 1.165) is 25.1 Å². The van der Waals surface area contributed by atoms with Crippen LogP contribution in [0.1, 0.15) is 23.9 Å². The molecule has 0 radical (unpaired) electrons. The summed E-state index contributed by atoms with van der Waals surface area (Å²) in [6.07, 6.45) is 7.46. The van der Waals surface area contributed by atoms with E-state index in [1.54, 1.807) is 12.5 Å². The van der Waals surface area contributed by atoms with Crippen LogP contribution in [0.25, 0.3) is 0 Å². The molecule has 88 valence electrons. The van der Waals surface area contributed by atoms with E-state index < -0.39 is 0 Å². The van der Waals surface area contributed by atoms with Crippen molar-refractivity contribution >= 4 is 0 Å². The molecule has 0 saturated carbocycles. The molecule has 4 heteroatoms. The van der Waals surface area contributed by atoms with E-state index >= 15 is 0 Å². The first-order chi connectivity index (χ1) is 8.28. The van der Waals surface area contributed by atoms with Gasteiger partial charge in [-0.2, -0.15) is 0 Å². The van der Waals surface area contributed by atoms with E-state index in [2.05, 4.69) is 33.3 Å². The van der Waals surface area contributed by atoms with Crippen LogP contribution in [0.4, 0.5) is 0 Å². The van der Waals surface area contributed by atoms with Gasteiger partial charge in [-0.05, 0) is 25.0 Å². The molecule has 1 aliphatic heterocycles. The lowest BCUT2D eigenvalue weighted by molar-refractivity contribution is 0.334. The lowest BCUT2D eigenvalue weighted by Gasteiger charge is -2.34. The number of hydrogen-bond donors (Lipinski definition) is 2. The van der Waals surface area contributed by atoms with Crippen molar-refractivity contribution in [1.82, 2.24) is 20.3 Å². The Bertz CT molecular complexity index is 505. The maximum absolute atomic E-state index is 4.47. The fourth-order valence-corrected chi connectivity index (χ4v) is 2.59. The molecule has 17 heavy (non-hydrogen) atoms. The lowest BCUT2D eigenvalue weighted by atomic mass is 9.86. The number of aromatic amines is 1. The predicted octanol–water partition coefficient (Wildman–Crippen LogP) is 1.41. The van der Waals surface area contributed by atoms with E-state index in [-0.39, 0.29) is 5.54 Å². The zero-order chi connectivity index (χ0) is 11.7. The molecule has 0 spiro atoms. The van der Waals surface area contributed by atoms with Gasteiger partial charge in [-0.15, -0.1) is 0 Å². The average molecular weight is 228 g/mol. The third kappa shape index (κ3) is 1.85. The molecule has 2 aromatic rings. The second-order valence-electron chi connectivity index (χ2n) is 4.78. The van der Waals surface area contributed by atoms with Gasteiger partial charge in [0.05, 0.1) is 17.6 Å². The summed E-state index contributed by atoms with van der Waals surface area (Å²) in [6, 6.07) is 4.09. The molecule has 0 aliphatic carbocycles. The van der Waals surface area contributed by atoms with E-state index in [4.69, 9.17) is 0 Å². The van der Waals surface area contributed by atoms with Crippen molar-refractivity contribution in [2.24, 2.45) is 0 Å². The molecule has 1 aliphatic rings. The normalized spacial score (nSPS) is 23.4. The Balaban J connectivity index is 1.93. The van der Waals surface area contributed by atoms with Crippen LogP contribution in [0.2, 0.25) is 0 Å². The summed E-state index contributed by atoms with van der Waals surface area (Å²) < 4.78 is 0. The summed E-state index contributed by atoms with van der Waals surface area (Å²) in [5.41, 5.74) is 3.55. The number of nitrogens with one attached hydrogen (secondary N) is 2. The Morgan fingerprint density at radius 2 is 2.41 bits per heavy atom. The molecule has 0 saturated heterocycles. The van der Waals surface area contributed by atoms with Crippen LogP contribution in [-0.2, 0) is 18.4 Å². The van der Waals surface area contributed by atoms with Crippen LogP contribution in [0.3, 0.4) is 0 Å². The Morgan fingerprint density at radius 1 is 1.47 bits per heavy atom. The lowest BCUT2D eigenvalue weighted by Crippen LogP contribution is -2.46. The van der Waals surface area contributed by atoms with Crippen LogP contribution < -0.4 is 5.32 Å². The number of nitrogens with zero attached hydrogens (tertiary/aromatic N) is 2. The summed E-state index contributed by atoms with van der Waals surface area (Å²) in [5, 5.41) is 3.58. The number of imidazole rings is 1. The van der Waals surface area contributed by atoms with Crippen LogP contribution in [0.15, 0.2) is 30.9 Å². The van der Waals surface area contributed by atoms with Gasteiger partial charge in [-0.1, -0.05) is 6.07 Å². The fourth-order valence-electron chi connectivity index (χ4n) is 2.59. The molecule has 4 nitrogen and oxygen atoms in total.